The van der Waals surface area contributed by atoms with Gasteiger partial charge in [-0.3, -0.25) is 14.5 Å². The zero-order valence-electron chi connectivity index (χ0n) is 15.1. The minimum atomic E-state index is -0.298. The van der Waals surface area contributed by atoms with Gasteiger partial charge in [0.2, 0.25) is 11.8 Å². The highest BCUT2D eigenvalue weighted by Crippen LogP contribution is 2.28. The molecule has 26 heavy (non-hydrogen) atoms. The van der Waals surface area contributed by atoms with E-state index in [0.717, 1.165) is 13.1 Å². The van der Waals surface area contributed by atoms with Crippen LogP contribution in [-0.4, -0.2) is 67.6 Å². The molecule has 1 aromatic carbocycles. The first kappa shape index (κ1) is 19.1. The van der Waals surface area contributed by atoms with Crippen LogP contribution in [0.2, 0.25) is 5.02 Å². The smallest absolute Gasteiger partial charge is 0.243 e. The van der Waals surface area contributed by atoms with Crippen LogP contribution < -0.4 is 5.32 Å². The van der Waals surface area contributed by atoms with E-state index < -0.39 is 0 Å². The Bertz CT molecular complexity index is 651. The monoisotopic (exact) mass is 379 g/mol. The summed E-state index contributed by atoms with van der Waals surface area (Å²) in [5.41, 5.74) is 0.621. The summed E-state index contributed by atoms with van der Waals surface area (Å²) in [5.74, 6) is 0.385. The van der Waals surface area contributed by atoms with E-state index in [1.54, 1.807) is 31.3 Å². The summed E-state index contributed by atoms with van der Waals surface area (Å²) in [6.07, 6.45) is 3.78. The van der Waals surface area contributed by atoms with Gasteiger partial charge in [-0.2, -0.15) is 0 Å². The van der Waals surface area contributed by atoms with E-state index in [4.69, 9.17) is 16.3 Å². The molecule has 1 saturated heterocycles. The molecule has 3 rings (SSSR count). The first-order valence-corrected chi connectivity index (χ1v) is 9.53. The summed E-state index contributed by atoms with van der Waals surface area (Å²) in [4.78, 5) is 28.8. The van der Waals surface area contributed by atoms with E-state index in [1.165, 1.54) is 24.2 Å². The van der Waals surface area contributed by atoms with Gasteiger partial charge in [-0.05, 0) is 37.0 Å². The number of nitrogens with zero attached hydrogens (tertiary/aromatic N) is 2. The molecule has 142 valence electrons. The molecule has 0 bridgehead atoms. The number of likely N-dealkylation sites (N-methyl/N-ethyl adjacent to an activating group) is 1. The molecule has 1 aromatic rings. The van der Waals surface area contributed by atoms with Gasteiger partial charge in [-0.15, -0.1) is 0 Å². The fourth-order valence-corrected chi connectivity index (χ4v) is 3.60. The summed E-state index contributed by atoms with van der Waals surface area (Å²) < 4.78 is 5.53. The molecule has 7 heteroatoms. The van der Waals surface area contributed by atoms with Crippen molar-refractivity contribution in [2.75, 3.05) is 45.2 Å². The lowest BCUT2D eigenvalue weighted by molar-refractivity contribution is -0.144. The third-order valence-electron chi connectivity index (χ3n) is 5.11. The molecule has 2 fully saturated rings. The average Bonchev–Trinajstić information content (AvgIpc) is 2.57. The van der Waals surface area contributed by atoms with Crippen molar-refractivity contribution in [3.05, 3.63) is 29.3 Å². The van der Waals surface area contributed by atoms with Crippen molar-refractivity contribution in [3.63, 3.8) is 0 Å². The molecule has 2 amide bonds. The number of nitrogens with one attached hydrogen (secondary N) is 1. The van der Waals surface area contributed by atoms with Crippen LogP contribution in [0.5, 0.6) is 0 Å². The average molecular weight is 380 g/mol. The van der Waals surface area contributed by atoms with E-state index in [1.807, 2.05) is 0 Å². The number of carbonyl (C=O) groups excluding carboxylic acids is 2. The molecule has 2 aliphatic rings. The third kappa shape index (κ3) is 4.96. The van der Waals surface area contributed by atoms with Gasteiger partial charge in [0.15, 0.2) is 0 Å². The van der Waals surface area contributed by atoms with E-state index in [-0.39, 0.29) is 24.4 Å². The van der Waals surface area contributed by atoms with Gasteiger partial charge >= 0.3 is 0 Å². The van der Waals surface area contributed by atoms with Gasteiger partial charge in [-0.1, -0.05) is 24.1 Å². The van der Waals surface area contributed by atoms with Crippen LogP contribution in [-0.2, 0) is 14.3 Å². The van der Waals surface area contributed by atoms with Crippen molar-refractivity contribution in [1.29, 1.82) is 0 Å². The number of halogens is 1. The molecule has 0 radical (unpaired) electrons. The van der Waals surface area contributed by atoms with Crippen LogP contribution in [0.4, 0.5) is 5.69 Å². The normalized spacial score (nSPS) is 21.1. The number of hydrogen-bond acceptors (Lipinski definition) is 4. The summed E-state index contributed by atoms with van der Waals surface area (Å²) in [6.45, 7) is 2.78. The van der Waals surface area contributed by atoms with Crippen molar-refractivity contribution in [3.8, 4) is 0 Å². The number of benzene rings is 1. The second kappa shape index (κ2) is 8.84. The van der Waals surface area contributed by atoms with E-state index in [2.05, 4.69) is 10.2 Å². The molecule has 1 atom stereocenters. The van der Waals surface area contributed by atoms with Crippen LogP contribution in [0.3, 0.4) is 0 Å². The lowest BCUT2D eigenvalue weighted by atomic mass is 9.84. The molecule has 1 heterocycles. The Hall–Kier alpha value is -1.63. The molecule has 1 aliphatic carbocycles. The molecule has 0 spiro atoms. The maximum Gasteiger partial charge on any atom is 0.243 e. The van der Waals surface area contributed by atoms with Crippen LogP contribution in [0.1, 0.15) is 19.3 Å². The number of carbonyl (C=O) groups is 2. The maximum atomic E-state index is 12.8. The quantitative estimate of drug-likeness (QED) is 0.823. The van der Waals surface area contributed by atoms with Gasteiger partial charge in [0.1, 0.15) is 6.04 Å². The predicted molar refractivity (Wildman–Crippen MR) is 101 cm³/mol. The summed E-state index contributed by atoms with van der Waals surface area (Å²) in [5, 5.41) is 3.32. The lowest BCUT2D eigenvalue weighted by Crippen LogP contribution is -2.56. The van der Waals surface area contributed by atoms with E-state index >= 15 is 0 Å². The minimum absolute atomic E-state index is 0.000878. The van der Waals surface area contributed by atoms with Gasteiger partial charge in [-0.25, -0.2) is 0 Å². The summed E-state index contributed by atoms with van der Waals surface area (Å²) in [6, 6.07) is 6.66. The fraction of sp³-hybridized carbons (Fsp3) is 0.579. The van der Waals surface area contributed by atoms with Gasteiger partial charge in [0, 0.05) is 30.8 Å². The molecule has 0 unspecified atom stereocenters. The summed E-state index contributed by atoms with van der Waals surface area (Å²) >= 11 is 5.92. The van der Waals surface area contributed by atoms with Crippen molar-refractivity contribution in [1.82, 2.24) is 9.80 Å². The maximum absolute atomic E-state index is 12.8. The number of hydrogen-bond donors (Lipinski definition) is 1. The zero-order valence-corrected chi connectivity index (χ0v) is 15.9. The standard InChI is InChI=1S/C19H26ClN3O3/c1-22(12-18(24)21-16-7-3-6-15(20)10-16)19(25)17-13-26-9-8-23(17)11-14-4-2-5-14/h3,6-7,10,14,17H,2,4-5,8-9,11-13H2,1H3,(H,21,24)/t17-/m0/s1. The Balaban J connectivity index is 1.54. The molecule has 0 aromatic heterocycles. The summed E-state index contributed by atoms with van der Waals surface area (Å²) in [7, 11) is 1.66. The molecule has 1 N–H and O–H groups in total. The van der Waals surface area contributed by atoms with Crippen molar-refractivity contribution >= 4 is 29.1 Å². The Labute approximate surface area is 159 Å². The number of anilines is 1. The van der Waals surface area contributed by atoms with Crippen molar-refractivity contribution in [2.45, 2.75) is 25.3 Å². The minimum Gasteiger partial charge on any atom is -0.378 e. The predicted octanol–water partition coefficient (Wildman–Crippen LogP) is 2.24. The molecular formula is C19H26ClN3O3. The van der Waals surface area contributed by atoms with Crippen LogP contribution in [0.15, 0.2) is 24.3 Å². The second-order valence-corrected chi connectivity index (χ2v) is 7.57. The number of ether oxygens (including phenoxy) is 1. The molecule has 6 nitrogen and oxygen atoms in total. The molecule has 1 aliphatic heterocycles. The van der Waals surface area contributed by atoms with Crippen LogP contribution >= 0.6 is 11.6 Å². The highest BCUT2D eigenvalue weighted by atomic mass is 35.5. The van der Waals surface area contributed by atoms with Crippen LogP contribution in [0.25, 0.3) is 0 Å². The van der Waals surface area contributed by atoms with Gasteiger partial charge in [0.05, 0.1) is 19.8 Å². The van der Waals surface area contributed by atoms with Gasteiger partial charge in [0.25, 0.3) is 0 Å². The zero-order chi connectivity index (χ0) is 18.5. The Morgan fingerprint density at radius 3 is 2.88 bits per heavy atom. The van der Waals surface area contributed by atoms with E-state index in [0.29, 0.717) is 29.8 Å². The number of morpholine rings is 1. The second-order valence-electron chi connectivity index (χ2n) is 7.14. The largest absolute Gasteiger partial charge is 0.378 e. The fourth-order valence-electron chi connectivity index (χ4n) is 3.41. The SMILES string of the molecule is CN(CC(=O)Nc1cccc(Cl)c1)C(=O)[C@@H]1COCCN1CC1CCC1. The first-order chi connectivity index (χ1) is 12.5. The van der Waals surface area contributed by atoms with Gasteiger partial charge < -0.3 is 15.0 Å². The highest BCUT2D eigenvalue weighted by Gasteiger charge is 2.34. The first-order valence-electron chi connectivity index (χ1n) is 9.15. The van der Waals surface area contributed by atoms with Crippen molar-refractivity contribution < 1.29 is 14.3 Å². The molecule has 1 saturated carbocycles. The molecular weight excluding hydrogens is 354 g/mol. The Kier molecular flexibility index (Phi) is 6.51. The number of amides is 2. The van der Waals surface area contributed by atoms with E-state index in [9.17, 15) is 9.59 Å². The topological polar surface area (TPSA) is 61.9 Å². The Morgan fingerprint density at radius 2 is 2.19 bits per heavy atom. The highest BCUT2D eigenvalue weighted by molar-refractivity contribution is 6.30. The Morgan fingerprint density at radius 1 is 1.38 bits per heavy atom. The van der Waals surface area contributed by atoms with Crippen molar-refractivity contribution in [2.24, 2.45) is 5.92 Å². The third-order valence-corrected chi connectivity index (χ3v) is 5.34. The lowest BCUT2D eigenvalue weighted by Gasteiger charge is -2.40. The number of rotatable bonds is 6. The van der Waals surface area contributed by atoms with Crippen LogP contribution in [0, 0.1) is 5.92 Å².